The van der Waals surface area contributed by atoms with Crippen molar-refractivity contribution in [1.82, 2.24) is 5.32 Å². The monoisotopic (exact) mass is 671 g/mol. The smallest absolute Gasteiger partial charge is 0.0382 e. The van der Waals surface area contributed by atoms with E-state index in [1.54, 1.807) is 0 Å². The lowest BCUT2D eigenvalue weighted by Crippen LogP contribution is -2.10. The molecule has 0 aliphatic heterocycles. The second-order valence-corrected chi connectivity index (χ2v) is 14.0. The highest BCUT2D eigenvalue weighted by Crippen LogP contribution is 2.35. The maximum absolute atomic E-state index is 4.26. The zero-order valence-corrected chi connectivity index (χ0v) is 32.8. The second-order valence-electron chi connectivity index (χ2n) is 14.0. The van der Waals surface area contributed by atoms with Crippen molar-refractivity contribution in [3.8, 4) is 24.0 Å². The van der Waals surface area contributed by atoms with Crippen molar-refractivity contribution in [3.05, 3.63) is 143 Å². The third kappa shape index (κ3) is 16.9. The summed E-state index contributed by atoms with van der Waals surface area (Å²) in [5.41, 5.74) is 12.7. The summed E-state index contributed by atoms with van der Waals surface area (Å²) in [7, 11) is 3.75. The van der Waals surface area contributed by atoms with E-state index in [9.17, 15) is 0 Å². The largest absolute Gasteiger partial charge is 0.359 e. The minimum atomic E-state index is 0.752. The van der Waals surface area contributed by atoms with Gasteiger partial charge in [0, 0.05) is 17.8 Å². The number of anilines is 1. The normalized spacial score (nSPS) is 14.5. The van der Waals surface area contributed by atoms with Crippen molar-refractivity contribution in [2.24, 2.45) is 11.8 Å². The summed E-state index contributed by atoms with van der Waals surface area (Å²) >= 11 is 0. The van der Waals surface area contributed by atoms with E-state index in [0.717, 1.165) is 42.0 Å². The molecule has 0 bridgehead atoms. The number of allylic oxidation sites excluding steroid dienone is 1. The third-order valence-corrected chi connectivity index (χ3v) is 8.41. The molecule has 50 heavy (non-hydrogen) atoms. The van der Waals surface area contributed by atoms with Gasteiger partial charge in [0.1, 0.15) is 0 Å². The van der Waals surface area contributed by atoms with E-state index in [0.29, 0.717) is 0 Å². The van der Waals surface area contributed by atoms with Gasteiger partial charge in [-0.25, -0.2) is 0 Å². The van der Waals surface area contributed by atoms with Gasteiger partial charge in [0.25, 0.3) is 0 Å². The Morgan fingerprint density at radius 2 is 1.32 bits per heavy atom. The molecule has 0 radical (unpaired) electrons. The lowest BCUT2D eigenvalue weighted by atomic mass is 9.79. The SMILES string of the molecule is C#C.C=C(Cc1ccc(C2CCC(C)CC2)cc1)Nc1ccc(-c2ccc(C)cc2C)cc1.C=Cc1ccc(CC)cc1.CC(C)C.CNC. The molecule has 0 saturated heterocycles. The van der Waals surface area contributed by atoms with Gasteiger partial charge in [-0.1, -0.05) is 151 Å². The molecule has 1 saturated carbocycles. The van der Waals surface area contributed by atoms with Gasteiger partial charge in [0.05, 0.1) is 0 Å². The molecule has 5 rings (SSSR count). The summed E-state index contributed by atoms with van der Waals surface area (Å²) in [5, 5.41) is 6.23. The number of benzene rings is 4. The minimum Gasteiger partial charge on any atom is -0.359 e. The maximum Gasteiger partial charge on any atom is 0.0382 e. The van der Waals surface area contributed by atoms with Crippen LogP contribution in [0.4, 0.5) is 5.69 Å². The summed E-state index contributed by atoms with van der Waals surface area (Å²) in [5.74, 6) is 2.49. The van der Waals surface area contributed by atoms with Gasteiger partial charge in [-0.3, -0.25) is 0 Å². The Bertz CT molecular complexity index is 1510. The van der Waals surface area contributed by atoms with E-state index < -0.39 is 0 Å². The summed E-state index contributed by atoms with van der Waals surface area (Å²) in [4.78, 5) is 0. The fraction of sp³-hybridized carbons (Fsp3) is 0.375. The van der Waals surface area contributed by atoms with E-state index >= 15 is 0 Å². The van der Waals surface area contributed by atoms with Crippen molar-refractivity contribution in [2.45, 2.75) is 92.9 Å². The first-order valence-electron chi connectivity index (χ1n) is 18.3. The highest BCUT2D eigenvalue weighted by molar-refractivity contribution is 5.69. The van der Waals surface area contributed by atoms with E-state index in [2.05, 4.69) is 176 Å². The Morgan fingerprint density at radius 3 is 1.80 bits per heavy atom. The minimum absolute atomic E-state index is 0.752. The van der Waals surface area contributed by atoms with Crippen LogP contribution in [0.15, 0.2) is 110 Å². The summed E-state index contributed by atoms with van der Waals surface area (Å²) in [6.07, 6.45) is 17.2. The van der Waals surface area contributed by atoms with Crippen molar-refractivity contribution in [3.63, 3.8) is 0 Å². The van der Waals surface area contributed by atoms with Crippen LogP contribution in [0, 0.1) is 38.5 Å². The van der Waals surface area contributed by atoms with Crippen molar-refractivity contribution in [1.29, 1.82) is 0 Å². The Balaban J connectivity index is 0.000000542. The molecule has 2 heteroatoms. The van der Waals surface area contributed by atoms with Crippen LogP contribution in [0.1, 0.15) is 99.6 Å². The Hall–Kier alpha value is -4.32. The van der Waals surface area contributed by atoms with Gasteiger partial charge in [-0.15, -0.1) is 12.8 Å². The van der Waals surface area contributed by atoms with E-state index in [1.807, 2.05) is 20.2 Å². The summed E-state index contributed by atoms with van der Waals surface area (Å²) in [6, 6.07) is 33.0. The molecule has 1 fully saturated rings. The van der Waals surface area contributed by atoms with E-state index in [4.69, 9.17) is 0 Å². The molecule has 0 amide bonds. The average Bonchev–Trinajstić information content (AvgIpc) is 3.11. The van der Waals surface area contributed by atoms with Crippen LogP contribution in [-0.2, 0) is 12.8 Å². The topological polar surface area (TPSA) is 24.1 Å². The first-order chi connectivity index (χ1) is 24.0. The zero-order valence-electron chi connectivity index (χ0n) is 32.8. The Morgan fingerprint density at radius 1 is 0.800 bits per heavy atom. The van der Waals surface area contributed by atoms with E-state index in [1.165, 1.54) is 70.2 Å². The van der Waals surface area contributed by atoms with Gasteiger partial charge < -0.3 is 10.6 Å². The average molecular weight is 671 g/mol. The van der Waals surface area contributed by atoms with Gasteiger partial charge in [-0.2, -0.15) is 0 Å². The molecule has 2 nitrogen and oxygen atoms in total. The molecule has 4 aromatic carbocycles. The van der Waals surface area contributed by atoms with Crippen LogP contribution in [0.2, 0.25) is 0 Å². The van der Waals surface area contributed by atoms with Crippen LogP contribution in [0.5, 0.6) is 0 Å². The molecule has 1 aliphatic rings. The molecule has 2 N–H and O–H groups in total. The number of terminal acetylenes is 1. The number of aryl methyl sites for hydroxylation is 3. The maximum atomic E-state index is 4.26. The zero-order chi connectivity index (χ0) is 37.5. The van der Waals surface area contributed by atoms with Gasteiger partial charge in [-0.05, 0) is 116 Å². The number of hydrogen-bond acceptors (Lipinski definition) is 2. The lowest BCUT2D eigenvalue weighted by Gasteiger charge is -2.26. The molecular weight excluding hydrogens is 605 g/mol. The molecule has 0 aromatic heterocycles. The first-order valence-corrected chi connectivity index (χ1v) is 18.3. The number of rotatable bonds is 8. The fourth-order valence-corrected chi connectivity index (χ4v) is 5.76. The van der Waals surface area contributed by atoms with E-state index in [-0.39, 0.29) is 0 Å². The summed E-state index contributed by atoms with van der Waals surface area (Å²) in [6.45, 7) is 23.3. The van der Waals surface area contributed by atoms with Crippen molar-refractivity contribution >= 4 is 11.8 Å². The quantitative estimate of drug-likeness (QED) is 0.182. The van der Waals surface area contributed by atoms with Crippen LogP contribution in [0.3, 0.4) is 0 Å². The molecule has 268 valence electrons. The molecule has 4 aromatic rings. The number of nitrogens with one attached hydrogen (secondary N) is 2. The fourth-order valence-electron chi connectivity index (χ4n) is 5.76. The molecule has 0 heterocycles. The van der Waals surface area contributed by atoms with Crippen LogP contribution in [-0.4, -0.2) is 14.1 Å². The number of hydrogen-bond donors (Lipinski definition) is 2. The Labute approximate surface area is 307 Å². The molecule has 0 spiro atoms. The highest BCUT2D eigenvalue weighted by atomic mass is 14.9. The predicted octanol–water partition coefficient (Wildman–Crippen LogP) is 13.1. The molecule has 1 aliphatic carbocycles. The van der Waals surface area contributed by atoms with Crippen molar-refractivity contribution in [2.75, 3.05) is 19.4 Å². The van der Waals surface area contributed by atoms with Gasteiger partial charge in [0.15, 0.2) is 0 Å². The highest BCUT2D eigenvalue weighted by Gasteiger charge is 2.19. The van der Waals surface area contributed by atoms with Crippen LogP contribution >= 0.6 is 0 Å². The van der Waals surface area contributed by atoms with Crippen molar-refractivity contribution < 1.29 is 0 Å². The molecular formula is C48H66N2. The van der Waals surface area contributed by atoms with Gasteiger partial charge >= 0.3 is 0 Å². The standard InChI is InChI=1S/C30H35N.C10H12.C4H10.C2H7N.C2H2/c1-21-5-10-26(11-6-21)27-12-8-25(9-13-27)20-24(4)31-29-16-14-28(15-17-29)30-18-7-22(2)19-23(30)3;1-3-9-5-7-10(4-2)8-6-9;1-4(2)3;1-3-2;1-2/h7-9,12-19,21,26,31H,4-6,10-11,20H2,1-3H3;3,5-8H,1,4H2,2H3;4H,1-3H3;3H,1-2H3;1-2H. The third-order valence-electron chi connectivity index (χ3n) is 8.41. The molecule has 0 atom stereocenters. The summed E-state index contributed by atoms with van der Waals surface area (Å²) < 4.78 is 0. The first kappa shape index (κ1) is 43.7. The van der Waals surface area contributed by atoms with Gasteiger partial charge in [0.2, 0.25) is 0 Å². The van der Waals surface area contributed by atoms with Crippen LogP contribution in [0.25, 0.3) is 17.2 Å². The second kappa shape index (κ2) is 24.8. The van der Waals surface area contributed by atoms with Crippen LogP contribution < -0.4 is 10.6 Å². The molecule has 0 unspecified atom stereocenters. The predicted molar refractivity (Wildman–Crippen MR) is 226 cm³/mol. The lowest BCUT2D eigenvalue weighted by molar-refractivity contribution is 0.348. The Kier molecular flexibility index (Phi) is 21.6.